The van der Waals surface area contributed by atoms with Crippen LogP contribution in [0.25, 0.3) is 0 Å². The van der Waals surface area contributed by atoms with Gasteiger partial charge in [-0.2, -0.15) is 0 Å². The molecule has 0 aromatic heterocycles. The molecule has 0 atom stereocenters. The van der Waals surface area contributed by atoms with E-state index in [0.717, 1.165) is 13.2 Å². The van der Waals surface area contributed by atoms with Crippen molar-refractivity contribution in [2.75, 3.05) is 39.6 Å². The fraction of sp³-hybridized carbons (Fsp3) is 1.00. The maximum absolute atomic E-state index is 8.09. The van der Waals surface area contributed by atoms with E-state index in [1.807, 2.05) is 0 Å². The number of hydrogen-bond acceptors (Lipinski definition) is 4. The average Bonchev–Trinajstić information content (AvgIpc) is 2.73. The molecule has 0 aromatic carbocycles. The molecule has 0 amide bonds. The zero-order chi connectivity index (χ0) is 7.66. The molecule has 62 valence electrons. The first kappa shape index (κ1) is 9.84. The van der Waals surface area contributed by atoms with Crippen LogP contribution in [-0.4, -0.2) is 49.9 Å². The molecule has 1 aliphatic rings. The summed E-state index contributed by atoms with van der Waals surface area (Å²) in [6.07, 6.45) is 0. The quantitative estimate of drug-likeness (QED) is 0.399. The van der Waals surface area contributed by atoms with E-state index in [-0.39, 0.29) is 13.2 Å². The van der Waals surface area contributed by atoms with Crippen molar-refractivity contribution < 1.29 is 19.7 Å². The lowest BCUT2D eigenvalue weighted by atomic mass is 10.7. The highest BCUT2D eigenvalue weighted by atomic mass is 16.6. The molecular weight excluding hydrogens is 136 g/mol. The Bertz CT molecular complexity index is 49.0. The number of epoxide rings is 1. The Labute approximate surface area is 60.4 Å². The van der Waals surface area contributed by atoms with E-state index in [4.69, 9.17) is 10.2 Å². The minimum atomic E-state index is 0.0278. The zero-order valence-electron chi connectivity index (χ0n) is 5.95. The topological polar surface area (TPSA) is 62.2 Å². The standard InChI is InChI=1S/C4H10O3.C2H4O/c5-1-3-7-4-2-6;1-2-3-1/h5-6H,1-4H2;1-2H2. The predicted octanol–water partition coefficient (Wildman–Crippen LogP) is -0.996. The third kappa shape index (κ3) is 15.7. The van der Waals surface area contributed by atoms with Gasteiger partial charge in [0.25, 0.3) is 0 Å². The van der Waals surface area contributed by atoms with Gasteiger partial charge in [0.15, 0.2) is 0 Å². The van der Waals surface area contributed by atoms with Gasteiger partial charge >= 0.3 is 0 Å². The first-order valence-corrected chi connectivity index (χ1v) is 3.29. The maximum Gasteiger partial charge on any atom is 0.0701 e. The van der Waals surface area contributed by atoms with Crippen LogP contribution in [0.5, 0.6) is 0 Å². The number of aliphatic hydroxyl groups excluding tert-OH is 2. The Balaban J connectivity index is 0.000000219. The van der Waals surface area contributed by atoms with Crippen LogP contribution in [-0.2, 0) is 9.47 Å². The lowest BCUT2D eigenvalue weighted by Crippen LogP contribution is -2.03. The molecule has 1 aliphatic heterocycles. The summed E-state index contributed by atoms with van der Waals surface area (Å²) in [5.41, 5.74) is 0. The number of ether oxygens (including phenoxy) is 2. The van der Waals surface area contributed by atoms with Crippen molar-refractivity contribution in [2.24, 2.45) is 0 Å². The van der Waals surface area contributed by atoms with Gasteiger partial charge in [0.1, 0.15) is 0 Å². The van der Waals surface area contributed by atoms with Gasteiger partial charge < -0.3 is 19.7 Å². The smallest absolute Gasteiger partial charge is 0.0701 e. The summed E-state index contributed by atoms with van der Waals surface area (Å²) in [5, 5.41) is 16.2. The summed E-state index contributed by atoms with van der Waals surface area (Å²) in [6.45, 7) is 2.70. The Kier molecular flexibility index (Phi) is 8.70. The second-order valence-corrected chi connectivity index (χ2v) is 1.67. The molecule has 1 heterocycles. The summed E-state index contributed by atoms with van der Waals surface area (Å²) in [4.78, 5) is 0. The molecule has 0 aliphatic carbocycles. The molecular formula is C6H14O4. The molecule has 0 aromatic rings. The molecule has 0 unspecified atom stereocenters. The minimum Gasteiger partial charge on any atom is -0.394 e. The summed E-state index contributed by atoms with van der Waals surface area (Å²) in [6, 6.07) is 0. The van der Waals surface area contributed by atoms with Gasteiger partial charge in [-0.15, -0.1) is 0 Å². The van der Waals surface area contributed by atoms with Crippen LogP contribution in [0.3, 0.4) is 0 Å². The van der Waals surface area contributed by atoms with Crippen molar-refractivity contribution in [1.82, 2.24) is 0 Å². The average molecular weight is 150 g/mol. The van der Waals surface area contributed by atoms with Gasteiger partial charge in [-0.05, 0) is 0 Å². The highest BCUT2D eigenvalue weighted by molar-refractivity contribution is 4.36. The van der Waals surface area contributed by atoms with E-state index in [0.29, 0.717) is 13.2 Å². The highest BCUT2D eigenvalue weighted by Crippen LogP contribution is 1.84. The second kappa shape index (κ2) is 8.84. The third-order valence-electron chi connectivity index (χ3n) is 0.675. The molecule has 1 saturated heterocycles. The summed E-state index contributed by atoms with van der Waals surface area (Å²) >= 11 is 0. The third-order valence-corrected chi connectivity index (χ3v) is 0.675. The predicted molar refractivity (Wildman–Crippen MR) is 35.8 cm³/mol. The van der Waals surface area contributed by atoms with Gasteiger partial charge in [-0.25, -0.2) is 0 Å². The molecule has 10 heavy (non-hydrogen) atoms. The van der Waals surface area contributed by atoms with Crippen LogP contribution in [0.2, 0.25) is 0 Å². The van der Waals surface area contributed by atoms with E-state index in [2.05, 4.69) is 9.47 Å². The SMILES string of the molecule is C1CO1.OCCOCCO. The monoisotopic (exact) mass is 150 g/mol. The lowest BCUT2D eigenvalue weighted by Gasteiger charge is -1.94. The van der Waals surface area contributed by atoms with Crippen molar-refractivity contribution in [1.29, 1.82) is 0 Å². The van der Waals surface area contributed by atoms with Gasteiger partial charge in [0, 0.05) is 0 Å². The number of aliphatic hydroxyl groups is 2. The summed E-state index contributed by atoms with van der Waals surface area (Å²) < 4.78 is 9.13. The van der Waals surface area contributed by atoms with Gasteiger partial charge in [0.2, 0.25) is 0 Å². The molecule has 2 N–H and O–H groups in total. The Morgan fingerprint density at radius 1 is 1.10 bits per heavy atom. The number of hydrogen-bond donors (Lipinski definition) is 2. The van der Waals surface area contributed by atoms with E-state index in [1.54, 1.807) is 0 Å². The highest BCUT2D eigenvalue weighted by Gasteiger charge is 1.94. The van der Waals surface area contributed by atoms with Gasteiger partial charge in [-0.3, -0.25) is 0 Å². The van der Waals surface area contributed by atoms with Crippen LogP contribution in [0.1, 0.15) is 0 Å². The van der Waals surface area contributed by atoms with Gasteiger partial charge in [0.05, 0.1) is 39.6 Å². The van der Waals surface area contributed by atoms with Crippen LogP contribution in [0.4, 0.5) is 0 Å². The van der Waals surface area contributed by atoms with Crippen molar-refractivity contribution >= 4 is 0 Å². The maximum atomic E-state index is 8.09. The molecule has 1 fully saturated rings. The van der Waals surface area contributed by atoms with E-state index < -0.39 is 0 Å². The molecule has 4 nitrogen and oxygen atoms in total. The van der Waals surface area contributed by atoms with Crippen LogP contribution in [0.15, 0.2) is 0 Å². The summed E-state index contributed by atoms with van der Waals surface area (Å²) in [7, 11) is 0. The molecule has 4 heteroatoms. The van der Waals surface area contributed by atoms with Crippen LogP contribution < -0.4 is 0 Å². The van der Waals surface area contributed by atoms with Gasteiger partial charge in [-0.1, -0.05) is 0 Å². The Morgan fingerprint density at radius 3 is 1.70 bits per heavy atom. The zero-order valence-corrected chi connectivity index (χ0v) is 5.95. The van der Waals surface area contributed by atoms with Crippen molar-refractivity contribution in [3.05, 3.63) is 0 Å². The molecule has 0 spiro atoms. The van der Waals surface area contributed by atoms with Crippen molar-refractivity contribution in [3.8, 4) is 0 Å². The van der Waals surface area contributed by atoms with Crippen LogP contribution >= 0.6 is 0 Å². The van der Waals surface area contributed by atoms with Crippen molar-refractivity contribution in [3.63, 3.8) is 0 Å². The van der Waals surface area contributed by atoms with E-state index in [9.17, 15) is 0 Å². The minimum absolute atomic E-state index is 0.0278. The van der Waals surface area contributed by atoms with E-state index >= 15 is 0 Å². The van der Waals surface area contributed by atoms with Crippen molar-refractivity contribution in [2.45, 2.75) is 0 Å². The Morgan fingerprint density at radius 2 is 1.50 bits per heavy atom. The largest absolute Gasteiger partial charge is 0.394 e. The second-order valence-electron chi connectivity index (χ2n) is 1.67. The normalized spacial score (nSPS) is 13.8. The fourth-order valence-electron chi connectivity index (χ4n) is 0.231. The Hall–Kier alpha value is -0.160. The van der Waals surface area contributed by atoms with Crippen LogP contribution in [0, 0.1) is 0 Å². The number of rotatable bonds is 4. The first-order valence-electron chi connectivity index (χ1n) is 3.29. The van der Waals surface area contributed by atoms with E-state index in [1.165, 1.54) is 0 Å². The lowest BCUT2D eigenvalue weighted by molar-refractivity contribution is 0.0650. The fourth-order valence-corrected chi connectivity index (χ4v) is 0.231. The first-order chi connectivity index (χ1) is 4.91. The molecule has 0 radical (unpaired) electrons. The molecule has 0 saturated carbocycles. The summed E-state index contributed by atoms with van der Waals surface area (Å²) in [5.74, 6) is 0. The molecule has 0 bridgehead atoms. The molecule has 1 rings (SSSR count).